The zero-order valence-electron chi connectivity index (χ0n) is 7.19. The molecule has 0 spiro atoms. The molecular weight excluding hydrogens is 204 g/mol. The lowest BCUT2D eigenvalue weighted by Crippen LogP contribution is -1.96. The summed E-state index contributed by atoms with van der Waals surface area (Å²) >= 11 is 5.15. The Balaban J connectivity index is 2.69. The van der Waals surface area contributed by atoms with Gasteiger partial charge in [0, 0.05) is 10.5 Å². The van der Waals surface area contributed by atoms with Gasteiger partial charge in [-0.1, -0.05) is 30.8 Å². The van der Waals surface area contributed by atoms with Crippen molar-refractivity contribution in [2.45, 2.75) is 11.5 Å². The summed E-state index contributed by atoms with van der Waals surface area (Å²) in [5, 5.41) is -0.545. The zero-order valence-corrected chi connectivity index (χ0v) is 8.90. The third-order valence-corrected chi connectivity index (χ3v) is 2.51. The van der Waals surface area contributed by atoms with E-state index in [1.54, 1.807) is 11.8 Å². The lowest BCUT2D eigenvalue weighted by molar-refractivity contribution is 0.168. The maximum atomic E-state index is 10.5. The molecule has 1 aromatic carbocycles. The van der Waals surface area contributed by atoms with Crippen molar-refractivity contribution in [3.05, 3.63) is 29.8 Å². The lowest BCUT2D eigenvalue weighted by Gasteiger charge is -2.05. The van der Waals surface area contributed by atoms with Gasteiger partial charge in [-0.25, -0.2) is 4.79 Å². The summed E-state index contributed by atoms with van der Waals surface area (Å²) in [6.45, 7) is 0.291. The first-order valence-electron chi connectivity index (χ1n) is 3.71. The molecule has 0 aliphatic heterocycles. The summed E-state index contributed by atoms with van der Waals surface area (Å²) in [5.74, 6) is 0. The SMILES string of the molecule is CSc1ccccc1COC(=O)S. The number of hydrogen-bond acceptors (Lipinski definition) is 3. The Hall–Kier alpha value is -0.610. The quantitative estimate of drug-likeness (QED) is 0.476. The minimum absolute atomic E-state index is 0.291. The van der Waals surface area contributed by atoms with Gasteiger partial charge in [-0.15, -0.1) is 11.8 Å². The van der Waals surface area contributed by atoms with E-state index in [2.05, 4.69) is 12.6 Å². The molecule has 13 heavy (non-hydrogen) atoms. The van der Waals surface area contributed by atoms with Crippen LogP contribution in [0.1, 0.15) is 5.56 Å². The molecule has 4 heteroatoms. The van der Waals surface area contributed by atoms with Crippen LogP contribution in [0.3, 0.4) is 0 Å². The fourth-order valence-electron chi connectivity index (χ4n) is 0.962. The summed E-state index contributed by atoms with van der Waals surface area (Å²) in [4.78, 5) is 11.6. The second-order valence-corrected chi connectivity index (χ2v) is 3.58. The summed E-state index contributed by atoms with van der Waals surface area (Å²) < 4.78 is 4.78. The van der Waals surface area contributed by atoms with Crippen LogP contribution in [0.25, 0.3) is 0 Å². The Morgan fingerprint density at radius 3 is 2.85 bits per heavy atom. The van der Waals surface area contributed by atoms with Crippen LogP contribution in [-0.4, -0.2) is 11.6 Å². The van der Waals surface area contributed by atoms with Gasteiger partial charge in [0.1, 0.15) is 6.61 Å². The average Bonchev–Trinajstić information content (AvgIpc) is 2.15. The summed E-state index contributed by atoms with van der Waals surface area (Å²) in [6.07, 6.45) is 1.99. The minimum atomic E-state index is -0.545. The van der Waals surface area contributed by atoms with Crippen LogP contribution < -0.4 is 0 Å². The van der Waals surface area contributed by atoms with Crippen molar-refractivity contribution in [2.24, 2.45) is 0 Å². The van der Waals surface area contributed by atoms with Gasteiger partial charge in [-0.3, -0.25) is 0 Å². The highest BCUT2D eigenvalue weighted by Gasteiger charge is 2.01. The summed E-state index contributed by atoms with van der Waals surface area (Å²) in [6, 6.07) is 7.80. The van der Waals surface area contributed by atoms with E-state index in [9.17, 15) is 4.79 Å². The Morgan fingerprint density at radius 2 is 2.23 bits per heavy atom. The van der Waals surface area contributed by atoms with Crippen molar-refractivity contribution in [1.82, 2.24) is 0 Å². The second kappa shape index (κ2) is 5.19. The molecule has 0 amide bonds. The molecule has 0 unspecified atom stereocenters. The molecular formula is C9H10O2S2. The van der Waals surface area contributed by atoms with Gasteiger partial charge >= 0.3 is 5.30 Å². The maximum absolute atomic E-state index is 10.5. The monoisotopic (exact) mass is 214 g/mol. The molecule has 0 aromatic heterocycles. The van der Waals surface area contributed by atoms with Crippen LogP contribution >= 0.6 is 24.4 Å². The van der Waals surface area contributed by atoms with Gasteiger partial charge < -0.3 is 4.74 Å². The number of thiol groups is 1. The van der Waals surface area contributed by atoms with Crippen LogP contribution in [-0.2, 0) is 11.3 Å². The number of ether oxygens (including phenoxy) is 1. The summed E-state index contributed by atoms with van der Waals surface area (Å²) in [7, 11) is 0. The van der Waals surface area contributed by atoms with Gasteiger partial charge in [-0.05, 0) is 12.3 Å². The number of carbonyl (C=O) groups is 1. The van der Waals surface area contributed by atoms with Gasteiger partial charge in [0.05, 0.1) is 0 Å². The van der Waals surface area contributed by atoms with Crippen molar-refractivity contribution in [3.8, 4) is 0 Å². The van der Waals surface area contributed by atoms with E-state index in [1.807, 2.05) is 30.5 Å². The smallest absolute Gasteiger partial charge is 0.364 e. The highest BCUT2D eigenvalue weighted by atomic mass is 32.2. The van der Waals surface area contributed by atoms with E-state index in [-0.39, 0.29) is 0 Å². The predicted octanol–water partition coefficient (Wildman–Crippen LogP) is 2.97. The number of rotatable bonds is 3. The Labute approximate surface area is 87.1 Å². The largest absolute Gasteiger partial charge is 0.453 e. The molecule has 0 radical (unpaired) electrons. The average molecular weight is 214 g/mol. The number of benzene rings is 1. The molecule has 0 heterocycles. The highest BCUT2D eigenvalue weighted by molar-refractivity contribution is 7.98. The molecule has 2 nitrogen and oxygen atoms in total. The molecule has 0 fully saturated rings. The van der Waals surface area contributed by atoms with Crippen LogP contribution in [0, 0.1) is 0 Å². The molecule has 0 saturated heterocycles. The second-order valence-electron chi connectivity index (χ2n) is 2.37. The summed E-state index contributed by atoms with van der Waals surface area (Å²) in [5.41, 5.74) is 1.01. The van der Waals surface area contributed by atoms with Crippen molar-refractivity contribution >= 4 is 29.7 Å². The Bertz CT molecular complexity index is 299. The highest BCUT2D eigenvalue weighted by Crippen LogP contribution is 2.20. The Kier molecular flexibility index (Phi) is 4.18. The third-order valence-electron chi connectivity index (χ3n) is 1.54. The van der Waals surface area contributed by atoms with E-state index >= 15 is 0 Å². The number of thioether (sulfide) groups is 1. The lowest BCUT2D eigenvalue weighted by atomic mass is 10.2. The maximum Gasteiger partial charge on any atom is 0.364 e. The van der Waals surface area contributed by atoms with Crippen molar-refractivity contribution in [2.75, 3.05) is 6.26 Å². The van der Waals surface area contributed by atoms with E-state index < -0.39 is 5.30 Å². The minimum Gasteiger partial charge on any atom is -0.453 e. The molecule has 0 aliphatic carbocycles. The van der Waals surface area contributed by atoms with Crippen molar-refractivity contribution in [1.29, 1.82) is 0 Å². The Morgan fingerprint density at radius 1 is 1.54 bits per heavy atom. The van der Waals surface area contributed by atoms with Crippen LogP contribution in [0.15, 0.2) is 29.2 Å². The van der Waals surface area contributed by atoms with E-state index in [0.717, 1.165) is 10.5 Å². The van der Waals surface area contributed by atoms with E-state index in [4.69, 9.17) is 4.74 Å². The van der Waals surface area contributed by atoms with Gasteiger partial charge in [0.2, 0.25) is 0 Å². The van der Waals surface area contributed by atoms with Crippen LogP contribution in [0.4, 0.5) is 4.79 Å². The molecule has 70 valence electrons. The molecule has 1 rings (SSSR count). The topological polar surface area (TPSA) is 26.3 Å². The number of carbonyl (C=O) groups excluding carboxylic acids is 1. The normalized spacial score (nSPS) is 9.69. The molecule has 0 saturated carbocycles. The van der Waals surface area contributed by atoms with Crippen molar-refractivity contribution in [3.63, 3.8) is 0 Å². The van der Waals surface area contributed by atoms with Gasteiger partial charge in [-0.2, -0.15) is 0 Å². The fourth-order valence-corrected chi connectivity index (χ4v) is 1.63. The van der Waals surface area contributed by atoms with Gasteiger partial charge in [0.25, 0.3) is 0 Å². The van der Waals surface area contributed by atoms with Crippen molar-refractivity contribution < 1.29 is 9.53 Å². The molecule has 1 aromatic rings. The van der Waals surface area contributed by atoms with Gasteiger partial charge in [0.15, 0.2) is 0 Å². The first kappa shape index (κ1) is 10.5. The first-order chi connectivity index (χ1) is 6.24. The van der Waals surface area contributed by atoms with Crippen LogP contribution in [0.2, 0.25) is 0 Å². The molecule has 0 N–H and O–H groups in total. The van der Waals surface area contributed by atoms with Crippen LogP contribution in [0.5, 0.6) is 0 Å². The third kappa shape index (κ3) is 3.32. The fraction of sp³-hybridized carbons (Fsp3) is 0.222. The first-order valence-corrected chi connectivity index (χ1v) is 5.39. The molecule has 0 bridgehead atoms. The molecule has 0 aliphatic rings. The van der Waals surface area contributed by atoms with E-state index in [1.165, 1.54) is 0 Å². The standard InChI is InChI=1S/C9H10O2S2/c1-13-8-5-3-2-4-7(8)6-11-9(10)12/h2-5H,6H2,1H3,(H,10,12). The number of hydrogen-bond donors (Lipinski definition) is 1. The van der Waals surface area contributed by atoms with E-state index in [0.29, 0.717) is 6.61 Å². The molecule has 0 atom stereocenters. The predicted molar refractivity (Wildman–Crippen MR) is 57.4 cm³/mol. The zero-order chi connectivity index (χ0) is 9.68.